The number of H-pyrrole nitrogens is 1. The van der Waals surface area contributed by atoms with Crippen LogP contribution in [0, 0.1) is 0 Å². The molecule has 3 aromatic rings. The van der Waals surface area contributed by atoms with Gasteiger partial charge in [0.15, 0.2) is 0 Å². The minimum atomic E-state index is -0.777. The van der Waals surface area contributed by atoms with Gasteiger partial charge in [-0.3, -0.25) is 9.59 Å². The number of aromatic amines is 1. The summed E-state index contributed by atoms with van der Waals surface area (Å²) in [4.78, 5) is 24.0. The first-order valence-electron chi connectivity index (χ1n) is 7.16. The SMILES string of the molecule is COc1ccc(Cc2occc2CC(=O)C(=O)c2nn[nH]n2)cc1. The van der Waals surface area contributed by atoms with E-state index in [4.69, 9.17) is 9.15 Å². The maximum absolute atomic E-state index is 12.1. The van der Waals surface area contributed by atoms with Crippen LogP contribution in [0.25, 0.3) is 0 Å². The zero-order chi connectivity index (χ0) is 16.9. The smallest absolute Gasteiger partial charge is 0.269 e. The molecule has 0 unspecified atom stereocenters. The highest BCUT2D eigenvalue weighted by Crippen LogP contribution is 2.19. The molecule has 0 radical (unpaired) electrons. The molecule has 0 bridgehead atoms. The van der Waals surface area contributed by atoms with Crippen LogP contribution in [0.4, 0.5) is 0 Å². The first-order valence-corrected chi connectivity index (χ1v) is 7.16. The Bertz CT molecular complexity index is 837. The lowest BCUT2D eigenvalue weighted by Gasteiger charge is -2.04. The van der Waals surface area contributed by atoms with Gasteiger partial charge in [-0.05, 0) is 29.0 Å². The van der Waals surface area contributed by atoms with Crippen LogP contribution in [-0.2, 0) is 17.6 Å². The van der Waals surface area contributed by atoms with Crippen molar-refractivity contribution in [3.05, 3.63) is 59.3 Å². The molecule has 24 heavy (non-hydrogen) atoms. The molecule has 3 rings (SSSR count). The van der Waals surface area contributed by atoms with E-state index in [1.807, 2.05) is 24.3 Å². The van der Waals surface area contributed by atoms with Gasteiger partial charge in [0.05, 0.1) is 13.4 Å². The molecule has 0 spiro atoms. The van der Waals surface area contributed by atoms with Crippen molar-refractivity contribution in [3.8, 4) is 5.75 Å². The number of ether oxygens (including phenoxy) is 1. The van der Waals surface area contributed by atoms with Crippen LogP contribution in [0.3, 0.4) is 0 Å². The molecule has 0 amide bonds. The molecule has 0 aliphatic heterocycles. The average Bonchev–Trinajstić information content (AvgIpc) is 3.27. The Morgan fingerprint density at radius 1 is 1.21 bits per heavy atom. The van der Waals surface area contributed by atoms with E-state index in [9.17, 15) is 9.59 Å². The molecule has 1 N–H and O–H groups in total. The van der Waals surface area contributed by atoms with E-state index < -0.39 is 11.6 Å². The summed E-state index contributed by atoms with van der Waals surface area (Å²) in [6.45, 7) is 0. The number of nitrogens with zero attached hydrogens (tertiary/aromatic N) is 3. The van der Waals surface area contributed by atoms with Crippen molar-refractivity contribution in [3.63, 3.8) is 0 Å². The fraction of sp³-hybridized carbons (Fsp3) is 0.188. The number of ketones is 2. The number of furan rings is 1. The van der Waals surface area contributed by atoms with Crippen LogP contribution in [0.15, 0.2) is 41.0 Å². The lowest BCUT2D eigenvalue weighted by atomic mass is 10.0. The summed E-state index contributed by atoms with van der Waals surface area (Å²) in [5.41, 5.74) is 1.66. The van der Waals surface area contributed by atoms with Crippen molar-refractivity contribution in [2.45, 2.75) is 12.8 Å². The summed E-state index contributed by atoms with van der Waals surface area (Å²) >= 11 is 0. The second kappa shape index (κ2) is 6.86. The van der Waals surface area contributed by atoms with Gasteiger partial charge in [-0.1, -0.05) is 12.1 Å². The van der Waals surface area contributed by atoms with E-state index in [-0.39, 0.29) is 12.2 Å². The Morgan fingerprint density at radius 2 is 2.00 bits per heavy atom. The first-order chi connectivity index (χ1) is 11.7. The monoisotopic (exact) mass is 326 g/mol. The molecule has 8 nitrogen and oxygen atoms in total. The van der Waals surface area contributed by atoms with Gasteiger partial charge in [-0.25, -0.2) is 0 Å². The molecule has 0 saturated carbocycles. The van der Waals surface area contributed by atoms with Crippen LogP contribution in [0.5, 0.6) is 5.75 Å². The molecule has 122 valence electrons. The lowest BCUT2D eigenvalue weighted by Crippen LogP contribution is -2.18. The molecule has 2 aromatic heterocycles. The second-order valence-corrected chi connectivity index (χ2v) is 5.06. The van der Waals surface area contributed by atoms with E-state index in [2.05, 4.69) is 20.6 Å². The molecule has 0 atom stereocenters. The van der Waals surface area contributed by atoms with E-state index in [0.717, 1.165) is 11.3 Å². The summed E-state index contributed by atoms with van der Waals surface area (Å²) in [7, 11) is 1.60. The number of carbonyl (C=O) groups excluding carboxylic acids is 2. The number of hydrogen-bond acceptors (Lipinski definition) is 7. The normalized spacial score (nSPS) is 10.5. The van der Waals surface area contributed by atoms with Gasteiger partial charge >= 0.3 is 0 Å². The standard InChI is InChI=1S/C16H14N4O4/c1-23-12-4-2-10(3-5-12)8-14-11(6-7-24-14)9-13(21)15(22)16-17-19-20-18-16/h2-7H,8-9H2,1H3,(H,17,18,19,20). The number of hydrogen-bond donors (Lipinski definition) is 1. The van der Waals surface area contributed by atoms with Crippen molar-refractivity contribution in [1.82, 2.24) is 20.6 Å². The molecular weight excluding hydrogens is 312 g/mol. The Hall–Kier alpha value is -3.29. The van der Waals surface area contributed by atoms with Crippen molar-refractivity contribution in [2.24, 2.45) is 0 Å². The average molecular weight is 326 g/mol. The number of methoxy groups -OCH3 is 1. The van der Waals surface area contributed by atoms with E-state index in [1.165, 1.54) is 6.26 Å². The lowest BCUT2D eigenvalue weighted by molar-refractivity contribution is -0.114. The van der Waals surface area contributed by atoms with Gasteiger partial charge in [-0.2, -0.15) is 5.21 Å². The second-order valence-electron chi connectivity index (χ2n) is 5.06. The highest BCUT2D eigenvalue weighted by molar-refractivity contribution is 6.43. The Labute approximate surface area is 136 Å². The zero-order valence-electron chi connectivity index (χ0n) is 12.9. The van der Waals surface area contributed by atoms with Crippen molar-refractivity contribution in [1.29, 1.82) is 0 Å². The van der Waals surface area contributed by atoms with E-state index >= 15 is 0 Å². The van der Waals surface area contributed by atoms with Crippen molar-refractivity contribution >= 4 is 11.6 Å². The van der Waals surface area contributed by atoms with Gasteiger partial charge in [0.1, 0.15) is 11.5 Å². The fourth-order valence-electron chi connectivity index (χ4n) is 2.24. The summed E-state index contributed by atoms with van der Waals surface area (Å²) in [6.07, 6.45) is 1.94. The zero-order valence-corrected chi connectivity index (χ0v) is 12.9. The van der Waals surface area contributed by atoms with E-state index in [0.29, 0.717) is 17.7 Å². The molecule has 0 saturated heterocycles. The highest BCUT2D eigenvalue weighted by atomic mass is 16.5. The van der Waals surface area contributed by atoms with Crippen LogP contribution in [-0.4, -0.2) is 39.3 Å². The largest absolute Gasteiger partial charge is 0.497 e. The van der Waals surface area contributed by atoms with Gasteiger partial charge in [-0.15, -0.1) is 10.2 Å². The van der Waals surface area contributed by atoms with Crippen molar-refractivity contribution in [2.75, 3.05) is 7.11 Å². The predicted octanol–water partition coefficient (Wildman–Crippen LogP) is 1.39. The van der Waals surface area contributed by atoms with Crippen LogP contribution >= 0.6 is 0 Å². The summed E-state index contributed by atoms with van der Waals surface area (Å²) < 4.78 is 10.6. The molecule has 0 aliphatic rings. The van der Waals surface area contributed by atoms with Crippen LogP contribution < -0.4 is 4.74 Å². The number of tetrazole rings is 1. The topological polar surface area (TPSA) is 111 Å². The minimum absolute atomic E-state index is 0.0740. The molecule has 1 aromatic carbocycles. The molecule has 2 heterocycles. The third kappa shape index (κ3) is 3.37. The summed E-state index contributed by atoms with van der Waals surface area (Å²) in [5, 5.41) is 12.5. The molecular formula is C16H14N4O4. The Morgan fingerprint density at radius 3 is 2.67 bits per heavy atom. The Kier molecular flexibility index (Phi) is 4.46. The summed E-state index contributed by atoms with van der Waals surface area (Å²) in [5.74, 6) is -0.233. The number of rotatable bonds is 7. The number of Topliss-reactive ketones (excluding diaryl/α,β-unsaturated/α-hetero) is 2. The summed E-state index contributed by atoms with van der Waals surface area (Å²) in [6, 6.07) is 9.21. The van der Waals surface area contributed by atoms with Gasteiger partial charge in [0.2, 0.25) is 11.6 Å². The van der Waals surface area contributed by atoms with Gasteiger partial charge in [0.25, 0.3) is 5.78 Å². The number of nitrogens with one attached hydrogen (secondary N) is 1. The minimum Gasteiger partial charge on any atom is -0.497 e. The fourth-order valence-corrected chi connectivity index (χ4v) is 2.24. The van der Waals surface area contributed by atoms with Crippen LogP contribution in [0.1, 0.15) is 27.5 Å². The molecule has 0 fully saturated rings. The number of aromatic nitrogens is 4. The van der Waals surface area contributed by atoms with Gasteiger partial charge < -0.3 is 9.15 Å². The van der Waals surface area contributed by atoms with Crippen molar-refractivity contribution < 1.29 is 18.7 Å². The van der Waals surface area contributed by atoms with Gasteiger partial charge in [0, 0.05) is 18.4 Å². The predicted molar refractivity (Wildman–Crippen MR) is 81.7 cm³/mol. The maximum Gasteiger partial charge on any atom is 0.269 e. The first kappa shape index (κ1) is 15.6. The quantitative estimate of drug-likeness (QED) is 0.516. The Balaban J connectivity index is 1.70. The number of carbonyl (C=O) groups is 2. The van der Waals surface area contributed by atoms with Crippen LogP contribution in [0.2, 0.25) is 0 Å². The third-order valence-electron chi connectivity index (χ3n) is 3.51. The molecule has 8 heteroatoms. The maximum atomic E-state index is 12.1. The van der Waals surface area contributed by atoms with E-state index in [1.54, 1.807) is 13.2 Å². The highest BCUT2D eigenvalue weighted by Gasteiger charge is 2.22. The molecule has 0 aliphatic carbocycles. The third-order valence-corrected chi connectivity index (χ3v) is 3.51. The number of benzene rings is 1.